The van der Waals surface area contributed by atoms with E-state index in [0.717, 1.165) is 32.1 Å². The van der Waals surface area contributed by atoms with Crippen molar-refractivity contribution < 1.29 is 27.4 Å². The van der Waals surface area contributed by atoms with Gasteiger partial charge in [0.15, 0.2) is 11.6 Å². The maximum atomic E-state index is 14.8. The number of ether oxygens (including phenoxy) is 2. The predicted octanol–water partition coefficient (Wildman–Crippen LogP) is 7.75. The number of epoxide rings is 1. The van der Waals surface area contributed by atoms with Crippen LogP contribution in [0.25, 0.3) is 11.1 Å². The molecule has 35 heavy (non-hydrogen) atoms. The molecule has 1 saturated carbocycles. The molecule has 182 valence electrons. The summed E-state index contributed by atoms with van der Waals surface area (Å²) in [5, 5.41) is 0. The Bertz CT molecular complexity index is 1230. The largest absolute Gasteiger partial charge is 0.420 e. The zero-order valence-electron chi connectivity index (χ0n) is 19.5. The van der Waals surface area contributed by atoms with Crippen LogP contribution in [0.15, 0.2) is 54.6 Å². The van der Waals surface area contributed by atoms with Crippen LogP contribution in [0.1, 0.15) is 72.5 Å². The zero-order chi connectivity index (χ0) is 24.5. The number of carbonyl (C=O) groups is 1. The molecule has 3 nitrogen and oxygen atoms in total. The van der Waals surface area contributed by atoms with Gasteiger partial charge in [0.05, 0.1) is 12.2 Å². The molecule has 1 heterocycles. The molecule has 2 fully saturated rings. The van der Waals surface area contributed by atoms with Crippen LogP contribution in [0.4, 0.5) is 13.2 Å². The second kappa shape index (κ2) is 9.86. The molecule has 3 aromatic rings. The van der Waals surface area contributed by atoms with E-state index < -0.39 is 23.4 Å². The number of halogens is 3. The second-order valence-corrected chi connectivity index (χ2v) is 9.43. The van der Waals surface area contributed by atoms with Gasteiger partial charge in [0.2, 0.25) is 5.82 Å². The van der Waals surface area contributed by atoms with Gasteiger partial charge in [-0.2, -0.15) is 4.39 Å². The van der Waals surface area contributed by atoms with E-state index in [0.29, 0.717) is 34.8 Å². The van der Waals surface area contributed by atoms with Crippen LogP contribution in [0.2, 0.25) is 0 Å². The molecule has 0 amide bonds. The molecule has 2 aliphatic rings. The van der Waals surface area contributed by atoms with Crippen LogP contribution >= 0.6 is 0 Å². The van der Waals surface area contributed by atoms with Gasteiger partial charge in [-0.3, -0.25) is 0 Å². The Morgan fingerprint density at radius 1 is 0.886 bits per heavy atom. The first-order chi connectivity index (χ1) is 16.9. The Labute approximate surface area is 202 Å². The number of benzene rings is 3. The topological polar surface area (TPSA) is 38.8 Å². The molecule has 3 aromatic carbocycles. The fraction of sp³-hybridized carbons (Fsp3) is 0.345. The van der Waals surface area contributed by atoms with Gasteiger partial charge in [0, 0.05) is 5.56 Å². The molecule has 5 rings (SSSR count). The zero-order valence-corrected chi connectivity index (χ0v) is 19.5. The SMILES string of the molecule is CCC1CCC(c2ccc(OC(=O)c3ccc(-c4ccc(C5CO5)c(F)c4)cc3)c(F)c2F)CC1. The lowest BCUT2D eigenvalue weighted by atomic mass is 9.77. The molecule has 0 bridgehead atoms. The van der Waals surface area contributed by atoms with Gasteiger partial charge in [-0.1, -0.05) is 43.7 Å². The Hall–Kier alpha value is -3.12. The number of esters is 1. The molecule has 6 heteroatoms. The minimum Gasteiger partial charge on any atom is -0.420 e. The van der Waals surface area contributed by atoms with Crippen molar-refractivity contribution in [2.24, 2.45) is 5.92 Å². The lowest BCUT2D eigenvalue weighted by molar-refractivity contribution is 0.0726. The van der Waals surface area contributed by atoms with Gasteiger partial charge in [-0.05, 0) is 78.5 Å². The molecular formula is C29H27F3O3. The molecular weight excluding hydrogens is 453 g/mol. The number of hydrogen-bond acceptors (Lipinski definition) is 3. The molecule has 1 aliphatic heterocycles. The Kier molecular flexibility index (Phi) is 6.65. The van der Waals surface area contributed by atoms with Gasteiger partial charge in [-0.15, -0.1) is 0 Å². The average molecular weight is 481 g/mol. The van der Waals surface area contributed by atoms with Crippen molar-refractivity contribution >= 4 is 5.97 Å². The summed E-state index contributed by atoms with van der Waals surface area (Å²) in [4.78, 5) is 12.6. The summed E-state index contributed by atoms with van der Waals surface area (Å²) in [7, 11) is 0. The lowest BCUT2D eigenvalue weighted by Gasteiger charge is -2.28. The van der Waals surface area contributed by atoms with Gasteiger partial charge in [0.1, 0.15) is 11.9 Å². The van der Waals surface area contributed by atoms with Crippen LogP contribution in [0.5, 0.6) is 5.75 Å². The van der Waals surface area contributed by atoms with Crippen LogP contribution < -0.4 is 4.74 Å². The Morgan fingerprint density at radius 2 is 1.54 bits per heavy atom. The molecule has 0 radical (unpaired) electrons. The van der Waals surface area contributed by atoms with E-state index in [1.807, 2.05) is 0 Å². The minimum atomic E-state index is -1.14. The summed E-state index contributed by atoms with van der Waals surface area (Å²) >= 11 is 0. The van der Waals surface area contributed by atoms with Crippen molar-refractivity contribution in [3.05, 3.63) is 88.7 Å². The summed E-state index contributed by atoms with van der Waals surface area (Å²) in [5.41, 5.74) is 2.43. The lowest BCUT2D eigenvalue weighted by Crippen LogP contribution is -2.15. The summed E-state index contributed by atoms with van der Waals surface area (Å²) in [5.74, 6) is -3.00. The molecule has 0 spiro atoms. The fourth-order valence-corrected chi connectivity index (χ4v) is 4.98. The van der Waals surface area contributed by atoms with Crippen LogP contribution in [-0.4, -0.2) is 12.6 Å². The standard InChI is InChI=1S/C29H27F3O3/c1-2-17-3-5-19(6-4-17)22-13-14-25(28(32)27(22)31)35-29(33)20-9-7-18(8-10-20)21-11-12-23(24(30)15-21)26-16-34-26/h7-15,17,19,26H,2-6,16H2,1H3. The monoisotopic (exact) mass is 480 g/mol. The van der Waals surface area contributed by atoms with Gasteiger partial charge < -0.3 is 9.47 Å². The quantitative estimate of drug-likeness (QED) is 0.206. The summed E-state index contributed by atoms with van der Waals surface area (Å²) in [6.07, 6.45) is 4.64. The Morgan fingerprint density at radius 3 is 2.17 bits per heavy atom. The van der Waals surface area contributed by atoms with E-state index in [1.165, 1.54) is 30.3 Å². The molecule has 1 aliphatic carbocycles. The molecule has 1 unspecified atom stereocenters. The highest BCUT2D eigenvalue weighted by Crippen LogP contribution is 2.39. The van der Waals surface area contributed by atoms with Crippen molar-refractivity contribution in [3.63, 3.8) is 0 Å². The first kappa shape index (κ1) is 23.6. The van der Waals surface area contributed by atoms with E-state index >= 15 is 0 Å². The first-order valence-corrected chi connectivity index (χ1v) is 12.2. The van der Waals surface area contributed by atoms with Crippen molar-refractivity contribution in [1.82, 2.24) is 0 Å². The highest BCUT2D eigenvalue weighted by atomic mass is 19.2. The molecule has 0 aromatic heterocycles. The third-order valence-electron chi connectivity index (χ3n) is 7.28. The number of hydrogen-bond donors (Lipinski definition) is 0. The second-order valence-electron chi connectivity index (χ2n) is 9.43. The smallest absolute Gasteiger partial charge is 0.343 e. The summed E-state index contributed by atoms with van der Waals surface area (Å²) in [6.45, 7) is 2.68. The number of rotatable bonds is 6. The minimum absolute atomic E-state index is 0.0136. The van der Waals surface area contributed by atoms with E-state index in [2.05, 4.69) is 6.92 Å². The van der Waals surface area contributed by atoms with Crippen molar-refractivity contribution in [2.45, 2.75) is 51.0 Å². The fourth-order valence-electron chi connectivity index (χ4n) is 4.98. The molecule has 0 N–H and O–H groups in total. The van der Waals surface area contributed by atoms with E-state index in [9.17, 15) is 18.0 Å². The highest BCUT2D eigenvalue weighted by Gasteiger charge is 2.28. The average Bonchev–Trinajstić information content (AvgIpc) is 3.72. The van der Waals surface area contributed by atoms with Gasteiger partial charge in [-0.25, -0.2) is 13.6 Å². The van der Waals surface area contributed by atoms with Gasteiger partial charge >= 0.3 is 5.97 Å². The number of carbonyl (C=O) groups excluding carboxylic acids is 1. The molecule has 1 atom stereocenters. The van der Waals surface area contributed by atoms with Crippen LogP contribution in [0.3, 0.4) is 0 Å². The van der Waals surface area contributed by atoms with E-state index in [1.54, 1.807) is 24.3 Å². The maximum Gasteiger partial charge on any atom is 0.343 e. The highest BCUT2D eigenvalue weighted by molar-refractivity contribution is 5.91. The van der Waals surface area contributed by atoms with Gasteiger partial charge in [0.25, 0.3) is 0 Å². The van der Waals surface area contributed by atoms with E-state index in [-0.39, 0.29) is 23.4 Å². The van der Waals surface area contributed by atoms with Crippen LogP contribution in [-0.2, 0) is 4.74 Å². The Balaban J connectivity index is 1.27. The summed E-state index contributed by atoms with van der Waals surface area (Å²) < 4.78 is 54.2. The summed E-state index contributed by atoms with van der Waals surface area (Å²) in [6, 6.07) is 14.1. The predicted molar refractivity (Wildman–Crippen MR) is 127 cm³/mol. The first-order valence-electron chi connectivity index (χ1n) is 12.2. The maximum absolute atomic E-state index is 14.8. The van der Waals surface area contributed by atoms with Crippen molar-refractivity contribution in [1.29, 1.82) is 0 Å². The van der Waals surface area contributed by atoms with Crippen molar-refractivity contribution in [2.75, 3.05) is 6.61 Å². The third-order valence-corrected chi connectivity index (χ3v) is 7.28. The normalized spacial score (nSPS) is 21.5. The van der Waals surface area contributed by atoms with E-state index in [4.69, 9.17) is 9.47 Å². The molecule has 1 saturated heterocycles. The van der Waals surface area contributed by atoms with Crippen molar-refractivity contribution in [3.8, 4) is 16.9 Å². The third kappa shape index (κ3) is 4.98. The van der Waals surface area contributed by atoms with Crippen LogP contribution in [0, 0.1) is 23.4 Å².